The molecule has 1 aliphatic heterocycles. The highest BCUT2D eigenvalue weighted by Gasteiger charge is 2.14. The third kappa shape index (κ3) is 1.83. The lowest BCUT2D eigenvalue weighted by Crippen LogP contribution is -2.22. The Morgan fingerprint density at radius 2 is 2.13 bits per heavy atom. The maximum atomic E-state index is 12.6. The summed E-state index contributed by atoms with van der Waals surface area (Å²) >= 11 is 1.35. The highest BCUT2D eigenvalue weighted by atomic mass is 32.1. The number of ether oxygens (including phenoxy) is 2. The minimum atomic E-state index is -0.108. The van der Waals surface area contributed by atoms with Crippen molar-refractivity contribution in [2.24, 2.45) is 0 Å². The molecule has 112 valence electrons. The maximum Gasteiger partial charge on any atom is 0.276 e. The molecule has 0 unspecified atom stereocenters. The monoisotopic (exact) mass is 323 g/mol. The number of thiazole rings is 1. The molecule has 4 heterocycles. The van der Waals surface area contributed by atoms with E-state index >= 15 is 0 Å². The first-order valence-electron chi connectivity index (χ1n) is 6.97. The van der Waals surface area contributed by atoms with Crippen LogP contribution in [0.1, 0.15) is 5.56 Å². The van der Waals surface area contributed by atoms with Crippen LogP contribution in [0.2, 0.25) is 0 Å². The Hall–Kier alpha value is -2.93. The largest absolute Gasteiger partial charge is 0.454 e. The molecular weight excluding hydrogens is 314 g/mol. The van der Waals surface area contributed by atoms with Gasteiger partial charge in [0.1, 0.15) is 5.52 Å². The fourth-order valence-electron chi connectivity index (χ4n) is 2.64. The predicted molar refractivity (Wildman–Crippen MR) is 86.0 cm³/mol. The van der Waals surface area contributed by atoms with Crippen LogP contribution < -0.4 is 19.6 Å². The van der Waals surface area contributed by atoms with E-state index in [4.69, 9.17) is 9.47 Å². The lowest BCUT2D eigenvalue weighted by molar-refractivity contribution is 0.174. The van der Waals surface area contributed by atoms with E-state index in [0.717, 1.165) is 16.8 Å². The van der Waals surface area contributed by atoms with Gasteiger partial charge < -0.3 is 9.47 Å². The summed E-state index contributed by atoms with van der Waals surface area (Å²) in [6, 6.07) is 9.26. The molecular formula is C16H9N3O3S. The average molecular weight is 323 g/mol. The Bertz CT molecular complexity index is 1180. The van der Waals surface area contributed by atoms with Gasteiger partial charge in [-0.1, -0.05) is 17.4 Å². The zero-order valence-corrected chi connectivity index (χ0v) is 12.5. The van der Waals surface area contributed by atoms with E-state index in [0.29, 0.717) is 20.9 Å². The van der Waals surface area contributed by atoms with E-state index in [1.165, 1.54) is 11.3 Å². The van der Waals surface area contributed by atoms with Crippen LogP contribution in [0.4, 0.5) is 0 Å². The Morgan fingerprint density at radius 3 is 3.09 bits per heavy atom. The second-order valence-corrected chi connectivity index (χ2v) is 6.11. The van der Waals surface area contributed by atoms with Crippen molar-refractivity contribution in [3.05, 3.63) is 57.0 Å². The van der Waals surface area contributed by atoms with Gasteiger partial charge in [-0.25, -0.2) is 14.4 Å². The summed E-state index contributed by atoms with van der Waals surface area (Å²) in [5, 5.41) is 0. The first-order valence-corrected chi connectivity index (χ1v) is 7.79. The van der Waals surface area contributed by atoms with Crippen molar-refractivity contribution >= 4 is 33.5 Å². The Labute approximate surface area is 133 Å². The number of hydrogen-bond acceptors (Lipinski definition) is 6. The zero-order valence-electron chi connectivity index (χ0n) is 11.7. The van der Waals surface area contributed by atoms with E-state index in [1.54, 1.807) is 10.6 Å². The number of benzene rings is 1. The molecule has 5 rings (SSSR count). The number of hydrogen-bond donors (Lipinski definition) is 0. The third-order valence-electron chi connectivity index (χ3n) is 3.69. The fraction of sp³-hybridized carbons (Fsp3) is 0.0625. The number of fused-ring (bicyclic) bond motifs is 4. The van der Waals surface area contributed by atoms with Gasteiger partial charge >= 0.3 is 0 Å². The Kier molecular flexibility index (Phi) is 2.48. The molecule has 0 saturated heterocycles. The van der Waals surface area contributed by atoms with E-state index in [9.17, 15) is 4.79 Å². The highest BCUT2D eigenvalue weighted by molar-refractivity contribution is 7.15. The van der Waals surface area contributed by atoms with Gasteiger partial charge in [-0.05, 0) is 35.9 Å². The number of aromatic nitrogens is 3. The quantitative estimate of drug-likeness (QED) is 0.532. The van der Waals surface area contributed by atoms with Gasteiger partial charge in [0.2, 0.25) is 6.79 Å². The summed E-state index contributed by atoms with van der Waals surface area (Å²) in [7, 11) is 0. The number of nitrogens with zero attached hydrogens (tertiary/aromatic N) is 3. The summed E-state index contributed by atoms with van der Waals surface area (Å²) in [5.41, 5.74) is 2.09. The van der Waals surface area contributed by atoms with Crippen LogP contribution in [0.3, 0.4) is 0 Å². The first-order chi connectivity index (χ1) is 11.3. The van der Waals surface area contributed by atoms with E-state index in [1.807, 2.05) is 36.4 Å². The Morgan fingerprint density at radius 1 is 1.22 bits per heavy atom. The SMILES string of the molecule is O=c1c(=Cc2ccc3c(c2)OCO3)sc2nc3cccnc3n12. The van der Waals surface area contributed by atoms with Crippen LogP contribution in [0, 0.1) is 0 Å². The molecule has 4 aromatic rings. The molecule has 6 nitrogen and oxygen atoms in total. The molecule has 0 fully saturated rings. The molecule has 3 aromatic heterocycles. The van der Waals surface area contributed by atoms with Crippen molar-refractivity contribution in [3.63, 3.8) is 0 Å². The van der Waals surface area contributed by atoms with Crippen molar-refractivity contribution < 1.29 is 9.47 Å². The van der Waals surface area contributed by atoms with Gasteiger partial charge in [-0.3, -0.25) is 4.79 Å². The number of imidazole rings is 1. The zero-order chi connectivity index (χ0) is 15.4. The second-order valence-electron chi connectivity index (χ2n) is 5.10. The Balaban J connectivity index is 1.74. The molecule has 0 amide bonds. The van der Waals surface area contributed by atoms with Gasteiger partial charge in [0.05, 0.1) is 4.53 Å². The minimum Gasteiger partial charge on any atom is -0.454 e. The van der Waals surface area contributed by atoms with Gasteiger partial charge in [0.15, 0.2) is 22.1 Å². The lowest BCUT2D eigenvalue weighted by atomic mass is 10.2. The second kappa shape index (κ2) is 4.53. The van der Waals surface area contributed by atoms with Crippen LogP contribution in [0.25, 0.3) is 22.2 Å². The summed E-state index contributed by atoms with van der Waals surface area (Å²) in [4.78, 5) is 22.0. The highest BCUT2D eigenvalue weighted by Crippen LogP contribution is 2.32. The normalized spacial score (nSPS) is 14.2. The summed E-state index contributed by atoms with van der Waals surface area (Å²) in [6.07, 6.45) is 3.49. The summed E-state index contributed by atoms with van der Waals surface area (Å²) in [5.74, 6) is 1.42. The van der Waals surface area contributed by atoms with E-state index in [-0.39, 0.29) is 12.4 Å². The van der Waals surface area contributed by atoms with Crippen LogP contribution in [-0.2, 0) is 0 Å². The average Bonchev–Trinajstić information content (AvgIpc) is 3.23. The molecule has 1 aromatic carbocycles. The molecule has 0 saturated carbocycles. The maximum absolute atomic E-state index is 12.6. The van der Waals surface area contributed by atoms with Crippen molar-refractivity contribution in [1.29, 1.82) is 0 Å². The van der Waals surface area contributed by atoms with Crippen LogP contribution in [0.5, 0.6) is 11.5 Å². The van der Waals surface area contributed by atoms with Crippen molar-refractivity contribution in [3.8, 4) is 11.5 Å². The third-order valence-corrected chi connectivity index (χ3v) is 4.66. The number of rotatable bonds is 1. The molecule has 23 heavy (non-hydrogen) atoms. The standard InChI is InChI=1S/C16H9N3O3S/c20-15-13(7-9-3-4-11-12(6-9)22-8-21-11)23-16-18-10-2-1-5-17-14(10)19(15)16/h1-7H,8H2. The summed E-state index contributed by atoms with van der Waals surface area (Å²) < 4.78 is 12.8. The fourth-order valence-corrected chi connectivity index (χ4v) is 3.62. The smallest absolute Gasteiger partial charge is 0.276 e. The lowest BCUT2D eigenvalue weighted by Gasteiger charge is -1.96. The molecule has 0 aliphatic carbocycles. The number of pyridine rings is 1. The molecule has 0 atom stereocenters. The first kappa shape index (κ1) is 12.6. The van der Waals surface area contributed by atoms with Crippen molar-refractivity contribution in [2.45, 2.75) is 0 Å². The van der Waals surface area contributed by atoms with E-state index in [2.05, 4.69) is 9.97 Å². The van der Waals surface area contributed by atoms with Gasteiger partial charge in [0.25, 0.3) is 5.56 Å². The van der Waals surface area contributed by atoms with Crippen molar-refractivity contribution in [1.82, 2.24) is 14.4 Å². The molecule has 0 bridgehead atoms. The summed E-state index contributed by atoms with van der Waals surface area (Å²) in [6.45, 7) is 0.232. The van der Waals surface area contributed by atoms with Crippen molar-refractivity contribution in [2.75, 3.05) is 6.79 Å². The molecule has 0 N–H and O–H groups in total. The van der Waals surface area contributed by atoms with Crippen LogP contribution >= 0.6 is 11.3 Å². The topological polar surface area (TPSA) is 65.7 Å². The van der Waals surface area contributed by atoms with Gasteiger partial charge in [-0.15, -0.1) is 0 Å². The van der Waals surface area contributed by atoms with Gasteiger partial charge in [-0.2, -0.15) is 0 Å². The van der Waals surface area contributed by atoms with E-state index < -0.39 is 0 Å². The molecule has 0 radical (unpaired) electrons. The van der Waals surface area contributed by atoms with Gasteiger partial charge in [0, 0.05) is 6.20 Å². The molecule has 0 spiro atoms. The minimum absolute atomic E-state index is 0.108. The molecule has 1 aliphatic rings. The predicted octanol–water partition coefficient (Wildman–Crippen LogP) is 1.58. The molecule has 7 heteroatoms. The van der Waals surface area contributed by atoms with Crippen LogP contribution in [0.15, 0.2) is 41.3 Å². The van der Waals surface area contributed by atoms with Crippen LogP contribution in [-0.4, -0.2) is 21.2 Å².